The SMILES string of the molecule is CCC(CC(=O)Nc1cc(N)ccc1C)c1ccc(C)cc1.Cl. The summed E-state index contributed by atoms with van der Waals surface area (Å²) in [5.74, 6) is 0.267. The minimum absolute atomic E-state index is 0. The van der Waals surface area contributed by atoms with Gasteiger partial charge in [-0.15, -0.1) is 12.4 Å². The van der Waals surface area contributed by atoms with E-state index in [1.165, 1.54) is 11.1 Å². The smallest absolute Gasteiger partial charge is 0.224 e. The van der Waals surface area contributed by atoms with Gasteiger partial charge in [-0.25, -0.2) is 0 Å². The average molecular weight is 333 g/mol. The number of rotatable bonds is 5. The number of carbonyl (C=O) groups is 1. The molecule has 3 nitrogen and oxygen atoms in total. The van der Waals surface area contributed by atoms with Crippen molar-refractivity contribution in [1.29, 1.82) is 0 Å². The predicted octanol–water partition coefficient (Wildman–Crippen LogP) is 4.83. The number of carbonyl (C=O) groups excluding carboxylic acids is 1. The van der Waals surface area contributed by atoms with E-state index in [9.17, 15) is 4.79 Å². The minimum Gasteiger partial charge on any atom is -0.399 e. The van der Waals surface area contributed by atoms with Crippen molar-refractivity contribution < 1.29 is 4.79 Å². The highest BCUT2D eigenvalue weighted by Crippen LogP contribution is 2.25. The molecule has 0 bridgehead atoms. The number of hydrogen-bond donors (Lipinski definition) is 2. The topological polar surface area (TPSA) is 55.1 Å². The number of hydrogen-bond acceptors (Lipinski definition) is 2. The lowest BCUT2D eigenvalue weighted by Gasteiger charge is -2.16. The highest BCUT2D eigenvalue weighted by molar-refractivity contribution is 5.92. The lowest BCUT2D eigenvalue weighted by Crippen LogP contribution is -2.16. The van der Waals surface area contributed by atoms with Gasteiger partial charge in [0.2, 0.25) is 5.91 Å². The second-order valence-corrected chi connectivity index (χ2v) is 5.84. The van der Waals surface area contributed by atoms with E-state index in [1.807, 2.05) is 19.1 Å². The maximum atomic E-state index is 12.3. The molecule has 2 aromatic carbocycles. The molecule has 0 aliphatic carbocycles. The Morgan fingerprint density at radius 2 is 1.78 bits per heavy atom. The highest BCUT2D eigenvalue weighted by Gasteiger charge is 2.15. The van der Waals surface area contributed by atoms with Crippen LogP contribution in [0, 0.1) is 13.8 Å². The van der Waals surface area contributed by atoms with Gasteiger partial charge in [0.25, 0.3) is 0 Å². The maximum Gasteiger partial charge on any atom is 0.224 e. The number of amides is 1. The number of nitrogen functional groups attached to an aromatic ring is 1. The van der Waals surface area contributed by atoms with Crippen molar-refractivity contribution in [3.8, 4) is 0 Å². The molecule has 1 atom stereocenters. The van der Waals surface area contributed by atoms with Gasteiger partial charge < -0.3 is 11.1 Å². The molecule has 2 rings (SSSR count). The number of anilines is 2. The summed E-state index contributed by atoms with van der Waals surface area (Å²) in [7, 11) is 0. The quantitative estimate of drug-likeness (QED) is 0.770. The average Bonchev–Trinajstić information content (AvgIpc) is 2.49. The van der Waals surface area contributed by atoms with Gasteiger partial charge in [0, 0.05) is 17.8 Å². The van der Waals surface area contributed by atoms with E-state index in [0.29, 0.717) is 12.1 Å². The summed E-state index contributed by atoms with van der Waals surface area (Å²) in [6.07, 6.45) is 1.42. The Hall–Kier alpha value is -2.00. The summed E-state index contributed by atoms with van der Waals surface area (Å²) in [5.41, 5.74) is 10.7. The molecule has 2 aromatic rings. The molecule has 0 aliphatic rings. The molecular weight excluding hydrogens is 308 g/mol. The summed E-state index contributed by atoms with van der Waals surface area (Å²) in [6, 6.07) is 14.0. The van der Waals surface area contributed by atoms with Crippen molar-refractivity contribution in [2.45, 2.75) is 39.5 Å². The lowest BCUT2D eigenvalue weighted by molar-refractivity contribution is -0.116. The van der Waals surface area contributed by atoms with Crippen molar-refractivity contribution >= 4 is 29.7 Å². The van der Waals surface area contributed by atoms with Crippen molar-refractivity contribution in [3.63, 3.8) is 0 Å². The van der Waals surface area contributed by atoms with Crippen molar-refractivity contribution in [3.05, 3.63) is 59.2 Å². The molecule has 4 heteroatoms. The number of nitrogens with two attached hydrogens (primary N) is 1. The van der Waals surface area contributed by atoms with Crippen LogP contribution in [-0.4, -0.2) is 5.91 Å². The fourth-order valence-electron chi connectivity index (χ4n) is 2.54. The predicted molar refractivity (Wildman–Crippen MR) is 100 cm³/mol. The third-order valence-corrected chi connectivity index (χ3v) is 4.01. The van der Waals surface area contributed by atoms with E-state index >= 15 is 0 Å². The Bertz CT molecular complexity index is 653. The molecule has 0 aromatic heterocycles. The summed E-state index contributed by atoms with van der Waals surface area (Å²) in [4.78, 5) is 12.3. The van der Waals surface area contributed by atoms with Gasteiger partial charge in [0.05, 0.1) is 0 Å². The molecule has 0 saturated carbocycles. The van der Waals surface area contributed by atoms with Crippen LogP contribution in [0.25, 0.3) is 0 Å². The van der Waals surface area contributed by atoms with Gasteiger partial charge in [0.15, 0.2) is 0 Å². The second-order valence-electron chi connectivity index (χ2n) is 5.84. The summed E-state index contributed by atoms with van der Waals surface area (Å²) in [6.45, 7) is 6.15. The standard InChI is InChI=1S/C19H24N2O.ClH/c1-4-15(16-8-5-13(2)6-9-16)11-19(22)21-18-12-17(20)10-7-14(18)3;/h5-10,12,15H,4,11,20H2,1-3H3,(H,21,22);1H. The Morgan fingerprint density at radius 1 is 1.13 bits per heavy atom. The zero-order valence-electron chi connectivity index (χ0n) is 13.9. The Balaban J connectivity index is 0.00000264. The largest absolute Gasteiger partial charge is 0.399 e. The van der Waals surface area contributed by atoms with Gasteiger partial charge in [-0.2, -0.15) is 0 Å². The summed E-state index contributed by atoms with van der Waals surface area (Å²) >= 11 is 0. The van der Waals surface area contributed by atoms with E-state index in [4.69, 9.17) is 5.73 Å². The fraction of sp³-hybridized carbons (Fsp3) is 0.316. The van der Waals surface area contributed by atoms with Crippen molar-refractivity contribution in [2.75, 3.05) is 11.1 Å². The molecule has 23 heavy (non-hydrogen) atoms. The van der Waals surface area contributed by atoms with Crippen LogP contribution in [0.15, 0.2) is 42.5 Å². The lowest BCUT2D eigenvalue weighted by atomic mass is 9.92. The number of aryl methyl sites for hydroxylation is 2. The maximum absolute atomic E-state index is 12.3. The van der Waals surface area contributed by atoms with Crippen LogP contribution in [0.4, 0.5) is 11.4 Å². The van der Waals surface area contributed by atoms with Crippen LogP contribution in [0.3, 0.4) is 0 Å². The third kappa shape index (κ3) is 5.29. The van der Waals surface area contributed by atoms with Crippen LogP contribution >= 0.6 is 12.4 Å². The number of benzene rings is 2. The van der Waals surface area contributed by atoms with Crippen LogP contribution in [0.1, 0.15) is 42.4 Å². The third-order valence-electron chi connectivity index (χ3n) is 4.01. The number of nitrogens with one attached hydrogen (secondary N) is 1. The molecule has 0 aliphatic heterocycles. The van der Waals surface area contributed by atoms with E-state index in [0.717, 1.165) is 17.7 Å². The Morgan fingerprint density at radius 3 is 2.39 bits per heavy atom. The van der Waals surface area contributed by atoms with Gasteiger partial charge >= 0.3 is 0 Å². The number of halogens is 1. The van der Waals surface area contributed by atoms with Crippen LogP contribution in [0.5, 0.6) is 0 Å². The summed E-state index contributed by atoms with van der Waals surface area (Å²) < 4.78 is 0. The van der Waals surface area contributed by atoms with Gasteiger partial charge in [-0.3, -0.25) is 4.79 Å². The first-order chi connectivity index (χ1) is 10.5. The first-order valence-corrected chi connectivity index (χ1v) is 7.72. The van der Waals surface area contributed by atoms with Gasteiger partial charge in [0.1, 0.15) is 0 Å². The Kier molecular flexibility index (Phi) is 7.11. The molecular formula is C19H25ClN2O. The van der Waals surface area contributed by atoms with Crippen LogP contribution < -0.4 is 11.1 Å². The molecule has 124 valence electrons. The molecule has 3 N–H and O–H groups in total. The molecule has 0 radical (unpaired) electrons. The van der Waals surface area contributed by atoms with Crippen molar-refractivity contribution in [1.82, 2.24) is 0 Å². The highest BCUT2D eigenvalue weighted by atomic mass is 35.5. The van der Waals surface area contributed by atoms with E-state index in [2.05, 4.69) is 43.4 Å². The monoisotopic (exact) mass is 332 g/mol. The molecule has 1 amide bonds. The van der Waals surface area contributed by atoms with E-state index in [1.54, 1.807) is 6.07 Å². The van der Waals surface area contributed by atoms with Gasteiger partial charge in [-0.1, -0.05) is 42.8 Å². The van der Waals surface area contributed by atoms with E-state index in [-0.39, 0.29) is 24.2 Å². The van der Waals surface area contributed by atoms with Crippen molar-refractivity contribution in [2.24, 2.45) is 0 Å². The fourth-order valence-corrected chi connectivity index (χ4v) is 2.54. The van der Waals surface area contributed by atoms with Crippen LogP contribution in [-0.2, 0) is 4.79 Å². The zero-order chi connectivity index (χ0) is 16.1. The molecule has 0 fully saturated rings. The molecule has 1 unspecified atom stereocenters. The second kappa shape index (κ2) is 8.59. The minimum atomic E-state index is 0. The Labute approximate surface area is 144 Å². The summed E-state index contributed by atoms with van der Waals surface area (Å²) in [5, 5.41) is 2.98. The molecule has 0 heterocycles. The molecule has 0 saturated heterocycles. The first-order valence-electron chi connectivity index (χ1n) is 7.72. The van der Waals surface area contributed by atoms with Crippen LogP contribution in [0.2, 0.25) is 0 Å². The zero-order valence-corrected chi connectivity index (χ0v) is 14.7. The first kappa shape index (κ1) is 19.0. The normalized spacial score (nSPS) is 11.4. The van der Waals surface area contributed by atoms with E-state index < -0.39 is 0 Å². The molecule has 0 spiro atoms. The van der Waals surface area contributed by atoms with Gasteiger partial charge in [-0.05, 0) is 49.4 Å².